The van der Waals surface area contributed by atoms with Gasteiger partial charge in [0.2, 0.25) is 5.91 Å². The van der Waals surface area contributed by atoms with Crippen LogP contribution in [0.1, 0.15) is 310 Å². The highest BCUT2D eigenvalue weighted by Gasteiger charge is 2.24. The van der Waals surface area contributed by atoms with E-state index in [0.717, 1.165) is 38.5 Å². The summed E-state index contributed by atoms with van der Waals surface area (Å²) in [5.74, 6) is -0.453. The van der Waals surface area contributed by atoms with Gasteiger partial charge in [0.05, 0.1) is 25.2 Å². The number of amides is 1. The molecule has 0 aliphatic rings. The van der Waals surface area contributed by atoms with E-state index >= 15 is 0 Å². The van der Waals surface area contributed by atoms with Gasteiger partial charge in [0.25, 0.3) is 0 Å². The number of rotatable bonds is 50. The minimum atomic E-state index is -0.778. The highest BCUT2D eigenvalue weighted by molar-refractivity contribution is 5.77. The minimum Gasteiger partial charge on any atom is -0.462 e. The zero-order valence-electron chi connectivity index (χ0n) is 40.9. The monoisotopic (exact) mass is 850 g/mol. The SMILES string of the molecule is CCCCCCCCCCCCCCCCCCCCCC(=O)OC(CCCCCCCCCC)CC(=O)NC(CO)C(O)CCCCCCCCCCCCCCCC. The van der Waals surface area contributed by atoms with Gasteiger partial charge >= 0.3 is 5.97 Å². The number of hydrogen-bond acceptors (Lipinski definition) is 5. The summed E-state index contributed by atoms with van der Waals surface area (Å²) in [5.41, 5.74) is 0. The fourth-order valence-corrected chi connectivity index (χ4v) is 8.79. The molecule has 60 heavy (non-hydrogen) atoms. The molecule has 0 aromatic carbocycles. The quantitative estimate of drug-likeness (QED) is 0.0419. The molecule has 0 bridgehead atoms. The first-order valence-electron chi connectivity index (χ1n) is 27.3. The maximum atomic E-state index is 13.2. The predicted octanol–water partition coefficient (Wildman–Crippen LogP) is 16.4. The molecule has 0 rings (SSSR count). The second-order valence-corrected chi connectivity index (χ2v) is 19.0. The Morgan fingerprint density at radius 2 is 0.700 bits per heavy atom. The second-order valence-electron chi connectivity index (χ2n) is 19.0. The molecule has 3 N–H and O–H groups in total. The second kappa shape index (κ2) is 48.9. The van der Waals surface area contributed by atoms with Crippen molar-refractivity contribution in [2.75, 3.05) is 6.61 Å². The fourth-order valence-electron chi connectivity index (χ4n) is 8.79. The van der Waals surface area contributed by atoms with Crippen LogP contribution >= 0.6 is 0 Å². The van der Waals surface area contributed by atoms with Crippen molar-refractivity contribution in [2.24, 2.45) is 0 Å². The Morgan fingerprint density at radius 3 is 1.02 bits per heavy atom. The summed E-state index contributed by atoms with van der Waals surface area (Å²) in [5, 5.41) is 23.8. The van der Waals surface area contributed by atoms with Crippen LogP contribution in [-0.4, -0.2) is 46.9 Å². The third-order valence-corrected chi connectivity index (χ3v) is 12.9. The molecule has 358 valence electrons. The first-order valence-corrected chi connectivity index (χ1v) is 27.3. The number of carbonyl (C=O) groups excluding carboxylic acids is 2. The highest BCUT2D eigenvalue weighted by Crippen LogP contribution is 2.19. The van der Waals surface area contributed by atoms with Gasteiger partial charge < -0.3 is 20.3 Å². The number of ether oxygens (including phenoxy) is 1. The molecule has 0 saturated carbocycles. The Bertz CT molecular complexity index is 867. The van der Waals surface area contributed by atoms with Crippen molar-refractivity contribution < 1.29 is 24.5 Å². The Kier molecular flexibility index (Phi) is 48.0. The Morgan fingerprint density at radius 1 is 0.417 bits per heavy atom. The third kappa shape index (κ3) is 43.5. The van der Waals surface area contributed by atoms with Gasteiger partial charge in [0, 0.05) is 6.42 Å². The lowest BCUT2D eigenvalue weighted by molar-refractivity contribution is -0.151. The lowest BCUT2D eigenvalue weighted by Gasteiger charge is -2.24. The van der Waals surface area contributed by atoms with Crippen molar-refractivity contribution in [3.63, 3.8) is 0 Å². The molecule has 0 saturated heterocycles. The van der Waals surface area contributed by atoms with Crippen molar-refractivity contribution >= 4 is 11.9 Å². The van der Waals surface area contributed by atoms with E-state index in [1.54, 1.807) is 0 Å². The summed E-state index contributed by atoms with van der Waals surface area (Å²) in [6, 6.07) is -0.691. The third-order valence-electron chi connectivity index (χ3n) is 12.9. The molecule has 0 fully saturated rings. The first kappa shape index (κ1) is 58.9. The standard InChI is InChI=1S/C54H107NO5/c1-4-7-10-13-16-19-21-23-25-26-27-28-29-31-33-35-38-41-44-47-54(59)60-50(45-42-39-36-18-15-12-9-6-3)48-53(58)55-51(49-56)52(57)46-43-40-37-34-32-30-24-22-20-17-14-11-8-5-2/h50-52,56-57H,4-49H2,1-3H3,(H,55,58). The minimum absolute atomic E-state index is 0.0868. The van der Waals surface area contributed by atoms with E-state index in [1.165, 1.54) is 225 Å². The molecule has 0 aliphatic carbocycles. The topological polar surface area (TPSA) is 95.9 Å². The predicted molar refractivity (Wildman–Crippen MR) is 260 cm³/mol. The zero-order chi connectivity index (χ0) is 43.8. The molecule has 0 aromatic rings. The number of nitrogens with one attached hydrogen (secondary N) is 1. The smallest absolute Gasteiger partial charge is 0.306 e. The summed E-state index contributed by atoms with van der Waals surface area (Å²) in [6.07, 6.45) is 53.2. The number of carbonyl (C=O) groups is 2. The van der Waals surface area contributed by atoms with Crippen LogP contribution in [0.4, 0.5) is 0 Å². The summed E-state index contributed by atoms with van der Waals surface area (Å²) in [4.78, 5) is 26.1. The van der Waals surface area contributed by atoms with Crippen LogP contribution in [-0.2, 0) is 14.3 Å². The van der Waals surface area contributed by atoms with Gasteiger partial charge in [-0.05, 0) is 25.7 Å². The van der Waals surface area contributed by atoms with Crippen LogP contribution in [0.25, 0.3) is 0 Å². The number of unbranched alkanes of at least 4 members (excludes halogenated alkanes) is 38. The van der Waals surface area contributed by atoms with Gasteiger partial charge in [-0.15, -0.1) is 0 Å². The van der Waals surface area contributed by atoms with E-state index < -0.39 is 18.2 Å². The maximum absolute atomic E-state index is 13.2. The van der Waals surface area contributed by atoms with Gasteiger partial charge in [-0.1, -0.05) is 271 Å². The molecular weight excluding hydrogens is 743 g/mol. The molecule has 0 spiro atoms. The van der Waals surface area contributed by atoms with E-state index in [9.17, 15) is 19.8 Å². The van der Waals surface area contributed by atoms with Crippen molar-refractivity contribution in [3.05, 3.63) is 0 Å². The molecular formula is C54H107NO5. The maximum Gasteiger partial charge on any atom is 0.306 e. The molecule has 1 amide bonds. The van der Waals surface area contributed by atoms with Gasteiger partial charge in [-0.3, -0.25) is 9.59 Å². The number of aliphatic hydroxyl groups excluding tert-OH is 2. The lowest BCUT2D eigenvalue weighted by atomic mass is 10.0. The number of esters is 1. The van der Waals surface area contributed by atoms with E-state index in [1.807, 2.05) is 0 Å². The van der Waals surface area contributed by atoms with Crippen LogP contribution in [0.3, 0.4) is 0 Å². The van der Waals surface area contributed by atoms with Crippen LogP contribution in [0, 0.1) is 0 Å². The lowest BCUT2D eigenvalue weighted by Crippen LogP contribution is -2.46. The van der Waals surface area contributed by atoms with Crippen molar-refractivity contribution in [2.45, 2.75) is 328 Å². The highest BCUT2D eigenvalue weighted by atomic mass is 16.5. The van der Waals surface area contributed by atoms with Crippen LogP contribution < -0.4 is 5.32 Å². The van der Waals surface area contributed by atoms with Crippen LogP contribution in [0.5, 0.6) is 0 Å². The molecule has 0 heterocycles. The van der Waals surface area contributed by atoms with E-state index in [-0.39, 0.29) is 24.9 Å². The average molecular weight is 850 g/mol. The van der Waals surface area contributed by atoms with Crippen molar-refractivity contribution in [1.29, 1.82) is 0 Å². The van der Waals surface area contributed by atoms with Gasteiger partial charge in [0.1, 0.15) is 6.10 Å². The van der Waals surface area contributed by atoms with E-state index in [0.29, 0.717) is 19.3 Å². The molecule has 0 aliphatic heterocycles. The summed E-state index contributed by atoms with van der Waals surface area (Å²) < 4.78 is 5.93. The van der Waals surface area contributed by atoms with Gasteiger partial charge in [-0.2, -0.15) is 0 Å². The molecule has 3 unspecified atom stereocenters. The summed E-state index contributed by atoms with van der Waals surface area (Å²) in [7, 11) is 0. The van der Waals surface area contributed by atoms with Crippen LogP contribution in [0.2, 0.25) is 0 Å². The number of hydrogen-bond donors (Lipinski definition) is 3. The summed E-state index contributed by atoms with van der Waals surface area (Å²) >= 11 is 0. The van der Waals surface area contributed by atoms with Crippen LogP contribution in [0.15, 0.2) is 0 Å². The van der Waals surface area contributed by atoms with Crippen molar-refractivity contribution in [3.8, 4) is 0 Å². The average Bonchev–Trinajstić information content (AvgIpc) is 3.24. The largest absolute Gasteiger partial charge is 0.462 e. The Balaban J connectivity index is 4.30. The Hall–Kier alpha value is -1.14. The molecule has 3 atom stereocenters. The molecule has 6 nitrogen and oxygen atoms in total. The Labute approximate surface area is 375 Å². The summed E-state index contributed by atoms with van der Waals surface area (Å²) in [6.45, 7) is 6.50. The molecule has 0 radical (unpaired) electrons. The van der Waals surface area contributed by atoms with Gasteiger partial charge in [0.15, 0.2) is 0 Å². The first-order chi connectivity index (χ1) is 29.5. The fraction of sp³-hybridized carbons (Fsp3) is 0.963. The zero-order valence-corrected chi connectivity index (χ0v) is 40.9. The molecule has 6 heteroatoms. The van der Waals surface area contributed by atoms with Gasteiger partial charge in [-0.25, -0.2) is 0 Å². The van der Waals surface area contributed by atoms with E-state index in [4.69, 9.17) is 4.74 Å². The molecule has 0 aromatic heterocycles. The number of aliphatic hydroxyl groups is 2. The normalized spacial score (nSPS) is 13.1. The van der Waals surface area contributed by atoms with Crippen molar-refractivity contribution in [1.82, 2.24) is 5.32 Å². The van der Waals surface area contributed by atoms with E-state index in [2.05, 4.69) is 26.1 Å².